The van der Waals surface area contributed by atoms with E-state index in [1.165, 1.54) is 165 Å². The number of nitrogens with zero attached hydrogens (tertiary/aromatic N) is 4. The number of hydrogen-bond donors (Lipinski definition) is 0. The lowest BCUT2D eigenvalue weighted by atomic mass is 10.0. The molecule has 4 heterocycles. The molecule has 15 aromatic carbocycles. The highest BCUT2D eigenvalue weighted by Gasteiger charge is 2.17. The highest BCUT2D eigenvalue weighted by Crippen LogP contribution is 2.39. The summed E-state index contributed by atoms with van der Waals surface area (Å²) >= 11 is 0. The Morgan fingerprint density at radius 2 is 0.438 bits per heavy atom. The van der Waals surface area contributed by atoms with E-state index in [0.717, 1.165) is 0 Å². The molecule has 0 aliphatic heterocycles. The van der Waals surface area contributed by atoms with Crippen LogP contribution >= 0.6 is 0 Å². The van der Waals surface area contributed by atoms with Gasteiger partial charge in [-0.05, 0) is 174 Å². The van der Waals surface area contributed by atoms with Crippen molar-refractivity contribution in [3.05, 3.63) is 374 Å². The summed E-state index contributed by atoms with van der Waals surface area (Å²) in [7, 11) is 0. The molecule has 0 aliphatic rings. The van der Waals surface area contributed by atoms with Crippen LogP contribution in [-0.2, 0) is 0 Å². The summed E-state index contributed by atoms with van der Waals surface area (Å²) in [5.74, 6) is 0. The molecule has 19 rings (SSSR count). The van der Waals surface area contributed by atoms with Crippen LogP contribution in [0.5, 0.6) is 0 Å². The van der Waals surface area contributed by atoms with Crippen LogP contribution in [0.25, 0.3) is 143 Å². The van der Waals surface area contributed by atoms with Crippen LogP contribution in [0.1, 0.15) is 22.3 Å². The Kier molecular flexibility index (Phi) is 15.5. The van der Waals surface area contributed by atoms with Crippen LogP contribution in [0.4, 0.5) is 0 Å². The topological polar surface area (TPSA) is 19.7 Å². The SMILES string of the molecule is Cc1ccc(-n2c3ccccc3c3ccccc32)cc1.Cc1ccc2c3ccc(-c4ccccc4)cc3n(-c3ccccc3)c2c1.Cc1ccc2c3ccccc3n(-c3ccc(-c4ccccc4)cc3)c2c1.Cc1ccc2c3ccccc3n(-c3ccc4ccccc4c3)c2c1. The van der Waals surface area contributed by atoms with Gasteiger partial charge in [0.05, 0.1) is 44.1 Å². The summed E-state index contributed by atoms with van der Waals surface area (Å²) < 4.78 is 9.46. The first-order chi connectivity index (χ1) is 47.3. The van der Waals surface area contributed by atoms with Crippen LogP contribution in [0.15, 0.2) is 352 Å². The second kappa shape index (κ2) is 25.3. The average molecular weight is 1230 g/mol. The molecule has 0 unspecified atom stereocenters. The first kappa shape index (κ1) is 58.8. The predicted molar refractivity (Wildman–Crippen MR) is 410 cm³/mol. The van der Waals surface area contributed by atoms with Crippen molar-refractivity contribution in [2.75, 3.05) is 0 Å². The molecule has 0 fully saturated rings. The molecule has 0 bridgehead atoms. The number of para-hydroxylation sites is 5. The van der Waals surface area contributed by atoms with Crippen LogP contribution in [0, 0.1) is 27.7 Å². The molecule has 0 N–H and O–H groups in total. The first-order valence-electron chi connectivity index (χ1n) is 33.1. The van der Waals surface area contributed by atoms with E-state index in [-0.39, 0.29) is 0 Å². The lowest BCUT2D eigenvalue weighted by Gasteiger charge is -2.09. The summed E-state index contributed by atoms with van der Waals surface area (Å²) in [5.41, 5.74) is 25.0. The Labute approximate surface area is 559 Å². The van der Waals surface area contributed by atoms with Crippen molar-refractivity contribution in [1.82, 2.24) is 18.3 Å². The molecule has 0 saturated heterocycles. The Hall–Kier alpha value is -12.2. The van der Waals surface area contributed by atoms with Crippen LogP contribution in [0.2, 0.25) is 0 Å². The summed E-state index contributed by atoms with van der Waals surface area (Å²) in [6.07, 6.45) is 0. The van der Waals surface area contributed by atoms with Gasteiger partial charge in [-0.1, -0.05) is 260 Å². The normalized spacial score (nSPS) is 11.3. The van der Waals surface area contributed by atoms with Gasteiger partial charge in [0.25, 0.3) is 0 Å². The molecule has 19 aromatic rings. The number of rotatable bonds is 6. The van der Waals surface area contributed by atoms with Crippen LogP contribution in [-0.4, -0.2) is 18.3 Å². The molecule has 4 aromatic heterocycles. The molecule has 4 heteroatoms. The maximum absolute atomic E-state index is 2.38. The van der Waals surface area contributed by atoms with E-state index in [1.807, 2.05) is 0 Å². The Morgan fingerprint density at radius 1 is 0.156 bits per heavy atom. The largest absolute Gasteiger partial charge is 0.309 e. The maximum atomic E-state index is 2.38. The zero-order valence-electron chi connectivity index (χ0n) is 54.3. The number of aromatic nitrogens is 4. The van der Waals surface area contributed by atoms with Crippen LogP contribution in [0.3, 0.4) is 0 Å². The third kappa shape index (κ3) is 11.0. The lowest BCUT2D eigenvalue weighted by Crippen LogP contribution is -1.93. The molecule has 0 atom stereocenters. The van der Waals surface area contributed by atoms with Gasteiger partial charge in [0.15, 0.2) is 0 Å². The average Bonchev–Trinajstić information content (AvgIpc) is 1.84. The quantitative estimate of drug-likeness (QED) is 0.158. The van der Waals surface area contributed by atoms with Gasteiger partial charge in [0, 0.05) is 65.8 Å². The molecule has 4 nitrogen and oxygen atoms in total. The van der Waals surface area contributed by atoms with Crippen molar-refractivity contribution < 1.29 is 0 Å². The van der Waals surface area contributed by atoms with E-state index in [0.29, 0.717) is 0 Å². The van der Waals surface area contributed by atoms with Gasteiger partial charge in [0.1, 0.15) is 0 Å². The van der Waals surface area contributed by atoms with Crippen molar-refractivity contribution in [2.24, 2.45) is 0 Å². The molecular formula is C92H70N4. The van der Waals surface area contributed by atoms with Gasteiger partial charge in [-0.3, -0.25) is 0 Å². The van der Waals surface area contributed by atoms with E-state index in [9.17, 15) is 0 Å². The molecule has 458 valence electrons. The summed E-state index contributed by atoms with van der Waals surface area (Å²) in [6, 6.07) is 126. The van der Waals surface area contributed by atoms with E-state index < -0.39 is 0 Å². The summed E-state index contributed by atoms with van der Waals surface area (Å²) in [6.45, 7) is 8.58. The first-order valence-corrected chi connectivity index (χ1v) is 33.1. The van der Waals surface area contributed by atoms with Crippen LogP contribution < -0.4 is 0 Å². The minimum Gasteiger partial charge on any atom is -0.309 e. The summed E-state index contributed by atoms with van der Waals surface area (Å²) in [4.78, 5) is 0. The molecule has 0 radical (unpaired) electrons. The molecule has 0 saturated carbocycles. The highest BCUT2D eigenvalue weighted by atomic mass is 15.0. The number of aryl methyl sites for hydroxylation is 4. The van der Waals surface area contributed by atoms with Crippen molar-refractivity contribution >= 4 is 98.0 Å². The smallest absolute Gasteiger partial charge is 0.0547 e. The fourth-order valence-electron chi connectivity index (χ4n) is 14.2. The Balaban J connectivity index is 0.000000101. The van der Waals surface area contributed by atoms with Gasteiger partial charge < -0.3 is 18.3 Å². The van der Waals surface area contributed by atoms with Crippen molar-refractivity contribution in [3.8, 4) is 45.0 Å². The van der Waals surface area contributed by atoms with Gasteiger partial charge >= 0.3 is 0 Å². The molecule has 0 aliphatic carbocycles. The van der Waals surface area contributed by atoms with E-state index >= 15 is 0 Å². The highest BCUT2D eigenvalue weighted by molar-refractivity contribution is 6.13. The summed E-state index contributed by atoms with van der Waals surface area (Å²) in [5, 5.41) is 13.0. The van der Waals surface area contributed by atoms with Crippen molar-refractivity contribution in [3.63, 3.8) is 0 Å². The second-order valence-corrected chi connectivity index (χ2v) is 25.2. The van der Waals surface area contributed by atoms with Gasteiger partial charge in [-0.2, -0.15) is 0 Å². The zero-order chi connectivity index (χ0) is 64.6. The van der Waals surface area contributed by atoms with Gasteiger partial charge in [-0.15, -0.1) is 0 Å². The molecular weight excluding hydrogens is 1160 g/mol. The molecule has 0 amide bonds. The standard InChI is InChI=1S/2C25H19N.C23H17N.C19H15N/c1-18-12-14-22-23-15-13-20(19-8-4-2-5-9-19)17-25(23)26(24(22)16-18)21-10-6-3-7-11-21;1-18-11-16-23-22-9-5-6-10-24(22)26(25(23)17-18)21-14-12-20(13-15-21)19-7-3-2-4-8-19;1-16-10-13-21-20-8-4-5-9-22(20)24(23(21)14-16)19-12-11-17-6-2-3-7-18(17)15-19;1-14-10-12-15(13-11-14)20-18-8-4-2-6-16(18)17-7-3-5-9-19(17)20/h2*2-17H,1H3;2-15H,1H3;2-13H,1H3. The van der Waals surface area contributed by atoms with Crippen molar-refractivity contribution in [2.45, 2.75) is 27.7 Å². The van der Waals surface area contributed by atoms with Crippen molar-refractivity contribution in [1.29, 1.82) is 0 Å². The lowest BCUT2D eigenvalue weighted by molar-refractivity contribution is 1.17. The molecule has 96 heavy (non-hydrogen) atoms. The van der Waals surface area contributed by atoms with Gasteiger partial charge in [-0.25, -0.2) is 0 Å². The third-order valence-electron chi connectivity index (χ3n) is 18.8. The van der Waals surface area contributed by atoms with E-state index in [1.54, 1.807) is 0 Å². The monoisotopic (exact) mass is 1230 g/mol. The minimum absolute atomic E-state index is 1.20. The molecule has 0 spiro atoms. The fourth-order valence-corrected chi connectivity index (χ4v) is 14.2. The second-order valence-electron chi connectivity index (χ2n) is 25.2. The number of hydrogen-bond acceptors (Lipinski definition) is 0. The Bertz CT molecular complexity index is 5970. The number of benzene rings is 15. The number of fused-ring (bicyclic) bond motifs is 13. The third-order valence-corrected chi connectivity index (χ3v) is 18.8. The minimum atomic E-state index is 1.20. The predicted octanol–water partition coefficient (Wildman–Crippen LogP) is 24.9. The Morgan fingerprint density at radius 3 is 0.906 bits per heavy atom. The zero-order valence-corrected chi connectivity index (χ0v) is 54.3. The van der Waals surface area contributed by atoms with E-state index in [2.05, 4.69) is 398 Å². The van der Waals surface area contributed by atoms with Gasteiger partial charge in [0.2, 0.25) is 0 Å². The van der Waals surface area contributed by atoms with E-state index in [4.69, 9.17) is 0 Å². The fraction of sp³-hybridized carbons (Fsp3) is 0.0435. The maximum Gasteiger partial charge on any atom is 0.0547 e.